The van der Waals surface area contributed by atoms with E-state index in [9.17, 15) is 10.4 Å². The summed E-state index contributed by atoms with van der Waals surface area (Å²) in [5.41, 5.74) is 2.00. The molecule has 0 unspecified atom stereocenters. The van der Waals surface area contributed by atoms with Crippen LogP contribution < -0.4 is 0 Å². The smallest absolute Gasteiger partial charge is 0.140 e. The van der Waals surface area contributed by atoms with Crippen LogP contribution in [-0.2, 0) is 4.84 Å². The zero-order valence-electron chi connectivity index (χ0n) is 13.7. The van der Waals surface area contributed by atoms with E-state index in [4.69, 9.17) is 4.84 Å². The van der Waals surface area contributed by atoms with Gasteiger partial charge in [-0.1, -0.05) is 16.8 Å². The van der Waals surface area contributed by atoms with Crippen LogP contribution in [0.3, 0.4) is 0 Å². The zero-order valence-corrected chi connectivity index (χ0v) is 13.7. The molecule has 2 rings (SSSR count). The van der Waals surface area contributed by atoms with Gasteiger partial charge in [-0.25, -0.2) is 0 Å². The number of aromatic nitrogens is 1. The lowest BCUT2D eigenvalue weighted by Gasteiger charge is -2.18. The van der Waals surface area contributed by atoms with E-state index in [-0.39, 0.29) is 5.75 Å². The van der Waals surface area contributed by atoms with Gasteiger partial charge in [-0.05, 0) is 52.0 Å². The Morgan fingerprint density at radius 3 is 2.70 bits per heavy atom. The molecule has 118 valence electrons. The maximum absolute atomic E-state index is 10.2. The molecule has 0 aliphatic rings. The molecule has 1 aromatic carbocycles. The van der Waals surface area contributed by atoms with Gasteiger partial charge in [0.15, 0.2) is 0 Å². The topological polar surface area (TPSA) is 78.5 Å². The Bertz CT molecular complexity index is 784. The van der Waals surface area contributed by atoms with Crippen molar-refractivity contribution in [3.05, 3.63) is 58.9 Å². The molecular weight excluding hydrogens is 290 g/mol. The summed E-state index contributed by atoms with van der Waals surface area (Å²) in [7, 11) is 0. The third-order valence-corrected chi connectivity index (χ3v) is 2.97. The Labute approximate surface area is 135 Å². The summed E-state index contributed by atoms with van der Waals surface area (Å²) in [5, 5.41) is 23.7. The number of aromatic hydroxyl groups is 1. The summed E-state index contributed by atoms with van der Waals surface area (Å²) < 4.78 is 0. The Kier molecular flexibility index (Phi) is 4.65. The summed E-state index contributed by atoms with van der Waals surface area (Å²) in [6.45, 7) is 7.52. The van der Waals surface area contributed by atoms with Gasteiger partial charge >= 0.3 is 0 Å². The minimum absolute atomic E-state index is 0.0569. The van der Waals surface area contributed by atoms with Gasteiger partial charge in [0.05, 0.1) is 5.56 Å². The first-order chi connectivity index (χ1) is 10.8. The van der Waals surface area contributed by atoms with Crippen molar-refractivity contribution in [1.29, 1.82) is 5.26 Å². The van der Waals surface area contributed by atoms with Crippen molar-refractivity contribution in [3.8, 4) is 11.8 Å². The van der Waals surface area contributed by atoms with Crippen LogP contribution >= 0.6 is 0 Å². The molecule has 0 fully saturated rings. The van der Waals surface area contributed by atoms with Crippen molar-refractivity contribution in [3.63, 3.8) is 0 Å². The number of hydrogen-bond donors (Lipinski definition) is 1. The van der Waals surface area contributed by atoms with Crippen LogP contribution in [0.25, 0.3) is 0 Å². The molecule has 0 saturated carbocycles. The molecule has 0 amide bonds. The molecule has 23 heavy (non-hydrogen) atoms. The molecule has 1 aromatic heterocycles. The number of benzene rings is 1. The fraction of sp³-hybridized carbons (Fsp3) is 0.278. The van der Waals surface area contributed by atoms with Gasteiger partial charge in [0.25, 0.3) is 0 Å². The van der Waals surface area contributed by atoms with Gasteiger partial charge in [-0.15, -0.1) is 0 Å². The second kappa shape index (κ2) is 6.49. The van der Waals surface area contributed by atoms with E-state index < -0.39 is 5.60 Å². The van der Waals surface area contributed by atoms with Gasteiger partial charge in [-0.3, -0.25) is 4.98 Å². The van der Waals surface area contributed by atoms with Gasteiger partial charge in [0, 0.05) is 11.8 Å². The molecule has 0 saturated heterocycles. The molecule has 0 aliphatic heterocycles. The molecule has 0 bridgehead atoms. The summed E-state index contributed by atoms with van der Waals surface area (Å²) in [5.74, 6) is 0.0569. The normalized spacial score (nSPS) is 11.9. The summed E-state index contributed by atoms with van der Waals surface area (Å²) >= 11 is 0. The van der Waals surface area contributed by atoms with E-state index in [1.807, 2.05) is 27.7 Å². The molecule has 1 N–H and O–H groups in total. The lowest BCUT2D eigenvalue weighted by Crippen LogP contribution is -2.18. The van der Waals surface area contributed by atoms with E-state index in [0.717, 1.165) is 5.56 Å². The number of oxime groups is 1. The monoisotopic (exact) mass is 309 g/mol. The minimum Gasteiger partial charge on any atom is -0.507 e. The number of rotatable bonds is 3. The lowest BCUT2D eigenvalue weighted by atomic mass is 10.0. The first-order valence-electron chi connectivity index (χ1n) is 7.23. The number of aryl methyl sites for hydroxylation is 1. The second-order valence-electron chi connectivity index (χ2n) is 6.18. The van der Waals surface area contributed by atoms with E-state index in [1.54, 1.807) is 36.5 Å². The largest absolute Gasteiger partial charge is 0.507 e. The van der Waals surface area contributed by atoms with Crippen LogP contribution in [0.4, 0.5) is 0 Å². The maximum Gasteiger partial charge on any atom is 0.140 e. The zero-order chi connectivity index (χ0) is 17.0. The molecule has 0 aliphatic carbocycles. The quantitative estimate of drug-likeness (QED) is 0.695. The molecule has 5 heteroatoms. The van der Waals surface area contributed by atoms with Crippen LogP contribution in [0.2, 0.25) is 0 Å². The van der Waals surface area contributed by atoms with Gasteiger partial charge in [0.2, 0.25) is 0 Å². The Morgan fingerprint density at radius 1 is 1.30 bits per heavy atom. The standard InChI is InChI=1S/C18H19N3O2/c1-12-7-8-15(22)14(10-12)17(21-23-18(2,3)4)16-13(11-19)6-5-9-20-16/h5-10,22H,1-4H3. The van der Waals surface area contributed by atoms with Crippen molar-refractivity contribution in [2.24, 2.45) is 5.16 Å². The van der Waals surface area contributed by atoms with E-state index in [0.29, 0.717) is 22.5 Å². The predicted molar refractivity (Wildman–Crippen MR) is 88.3 cm³/mol. The average molecular weight is 309 g/mol. The van der Waals surface area contributed by atoms with Crippen molar-refractivity contribution in [2.45, 2.75) is 33.3 Å². The highest BCUT2D eigenvalue weighted by Gasteiger charge is 2.20. The highest BCUT2D eigenvalue weighted by Crippen LogP contribution is 2.24. The molecule has 1 heterocycles. The lowest BCUT2D eigenvalue weighted by molar-refractivity contribution is 0.00111. The highest BCUT2D eigenvalue weighted by molar-refractivity contribution is 6.14. The minimum atomic E-state index is -0.508. The fourth-order valence-electron chi connectivity index (χ4n) is 1.93. The van der Waals surface area contributed by atoms with Gasteiger partial charge in [0.1, 0.15) is 28.8 Å². The summed E-state index contributed by atoms with van der Waals surface area (Å²) in [4.78, 5) is 9.78. The number of phenols is 1. The fourth-order valence-corrected chi connectivity index (χ4v) is 1.93. The molecule has 0 atom stereocenters. The average Bonchev–Trinajstić information content (AvgIpc) is 2.50. The molecule has 5 nitrogen and oxygen atoms in total. The van der Waals surface area contributed by atoms with Crippen LogP contribution in [0.5, 0.6) is 5.75 Å². The van der Waals surface area contributed by atoms with Crippen LogP contribution in [0.1, 0.15) is 43.2 Å². The molecule has 0 radical (unpaired) electrons. The second-order valence-corrected chi connectivity index (χ2v) is 6.18. The number of nitrogens with zero attached hydrogens (tertiary/aromatic N) is 3. The number of nitriles is 1. The Balaban J connectivity index is 2.66. The van der Waals surface area contributed by atoms with E-state index in [2.05, 4.69) is 16.2 Å². The van der Waals surface area contributed by atoms with Crippen LogP contribution in [-0.4, -0.2) is 21.4 Å². The number of pyridine rings is 1. The first-order valence-corrected chi connectivity index (χ1v) is 7.23. The van der Waals surface area contributed by atoms with Crippen LogP contribution in [0.15, 0.2) is 41.7 Å². The third-order valence-electron chi connectivity index (χ3n) is 2.97. The molecule has 0 spiro atoms. The van der Waals surface area contributed by atoms with E-state index in [1.165, 1.54) is 0 Å². The van der Waals surface area contributed by atoms with Crippen molar-refractivity contribution in [1.82, 2.24) is 4.98 Å². The predicted octanol–water partition coefficient (Wildman–Crippen LogP) is 3.53. The Morgan fingerprint density at radius 2 is 2.04 bits per heavy atom. The highest BCUT2D eigenvalue weighted by atomic mass is 16.6. The number of hydrogen-bond acceptors (Lipinski definition) is 5. The SMILES string of the molecule is Cc1ccc(O)c(C(=NOC(C)(C)C)c2ncccc2C#N)c1. The maximum atomic E-state index is 10.2. The van der Waals surface area contributed by atoms with Crippen molar-refractivity contribution in [2.75, 3.05) is 0 Å². The van der Waals surface area contributed by atoms with Crippen molar-refractivity contribution >= 4 is 5.71 Å². The van der Waals surface area contributed by atoms with Crippen LogP contribution in [0, 0.1) is 18.3 Å². The summed E-state index contributed by atoms with van der Waals surface area (Å²) in [6, 6.07) is 10.6. The summed E-state index contributed by atoms with van der Waals surface area (Å²) in [6.07, 6.45) is 1.58. The molecular formula is C18H19N3O2. The first kappa shape index (κ1) is 16.5. The van der Waals surface area contributed by atoms with Crippen molar-refractivity contribution < 1.29 is 9.94 Å². The van der Waals surface area contributed by atoms with Gasteiger partial charge in [-0.2, -0.15) is 5.26 Å². The van der Waals surface area contributed by atoms with Gasteiger partial charge < -0.3 is 9.94 Å². The van der Waals surface area contributed by atoms with E-state index >= 15 is 0 Å². The Hall–Kier alpha value is -2.87. The molecule has 2 aromatic rings. The number of phenolic OH excluding ortho intramolecular Hbond substituents is 1. The third kappa shape index (κ3) is 4.07.